The van der Waals surface area contributed by atoms with Crippen molar-refractivity contribution < 1.29 is 14.3 Å². The van der Waals surface area contributed by atoms with Gasteiger partial charge < -0.3 is 35.2 Å². The highest BCUT2D eigenvalue weighted by atomic mass is 16.5. The maximum atomic E-state index is 12.5. The molecule has 12 heteroatoms. The van der Waals surface area contributed by atoms with Crippen LogP contribution in [-0.4, -0.2) is 107 Å². The van der Waals surface area contributed by atoms with Crippen molar-refractivity contribution in [2.45, 2.75) is 31.0 Å². The van der Waals surface area contributed by atoms with Crippen LogP contribution in [0.5, 0.6) is 5.88 Å². The number of likely N-dealkylation sites (N-methyl/N-ethyl adjacent to an activating group) is 1. The molecule has 0 aromatic carbocycles. The maximum absolute atomic E-state index is 12.5. The summed E-state index contributed by atoms with van der Waals surface area (Å²) in [7, 11) is 3.89. The summed E-state index contributed by atoms with van der Waals surface area (Å²) in [4.78, 5) is 36.1. The number of nitrogen functional groups attached to an aromatic ring is 1. The van der Waals surface area contributed by atoms with E-state index in [0.29, 0.717) is 43.8 Å². The number of carbonyl (C=O) groups is 1. The van der Waals surface area contributed by atoms with E-state index in [2.05, 4.69) is 30.1 Å². The van der Waals surface area contributed by atoms with Gasteiger partial charge in [-0.05, 0) is 7.05 Å². The number of hydrogen-bond donors (Lipinski definition) is 2. The van der Waals surface area contributed by atoms with Crippen LogP contribution >= 0.6 is 0 Å². The second kappa shape index (κ2) is 9.55. The standard InChI is InChI=1S/C22H31N9O3/c1-29-12-15(13-29)26-22(32)30(2)16-7-17(8-16)34-19-9-18(14-10-24-20(23)25-11-14)27-21(28-19)31-3-5-33-6-4-31/h9-11,15-17H,3-8,12-13H2,1-2H3,(H,26,32)(H2,23,24,25)/t16-,17-. The summed E-state index contributed by atoms with van der Waals surface area (Å²) in [6.07, 6.45) is 4.78. The van der Waals surface area contributed by atoms with Crippen molar-refractivity contribution >= 4 is 17.9 Å². The lowest BCUT2D eigenvalue weighted by atomic mass is 9.88. The fraction of sp³-hybridized carbons (Fsp3) is 0.591. The zero-order valence-electron chi connectivity index (χ0n) is 19.6. The highest BCUT2D eigenvalue weighted by Gasteiger charge is 2.37. The molecule has 182 valence electrons. The van der Waals surface area contributed by atoms with Gasteiger partial charge in [0, 0.05) is 76.1 Å². The first-order chi connectivity index (χ1) is 16.4. The molecule has 0 spiro atoms. The molecule has 3 N–H and O–H groups in total. The van der Waals surface area contributed by atoms with Crippen molar-refractivity contribution in [2.24, 2.45) is 0 Å². The first kappa shape index (κ1) is 22.5. The molecule has 0 unspecified atom stereocenters. The lowest BCUT2D eigenvalue weighted by molar-refractivity contribution is 0.0382. The van der Waals surface area contributed by atoms with Gasteiger partial charge in [-0.2, -0.15) is 4.98 Å². The minimum absolute atomic E-state index is 0.0157. The Hall–Kier alpha value is -3.25. The molecule has 3 aliphatic rings. The smallest absolute Gasteiger partial charge is 0.317 e. The van der Waals surface area contributed by atoms with E-state index >= 15 is 0 Å². The Labute approximate surface area is 198 Å². The average Bonchev–Trinajstić information content (AvgIpc) is 2.80. The number of likely N-dealkylation sites (tertiary alicyclic amines) is 1. The highest BCUT2D eigenvalue weighted by molar-refractivity contribution is 5.75. The lowest BCUT2D eigenvalue weighted by Crippen LogP contribution is -2.61. The molecule has 1 aliphatic carbocycles. The van der Waals surface area contributed by atoms with Crippen molar-refractivity contribution in [3.05, 3.63) is 18.5 Å². The number of nitrogens with two attached hydrogens (primary N) is 1. The fourth-order valence-electron chi connectivity index (χ4n) is 4.35. The quantitative estimate of drug-likeness (QED) is 0.605. The molecule has 3 fully saturated rings. The van der Waals surface area contributed by atoms with Crippen LogP contribution in [-0.2, 0) is 4.74 Å². The van der Waals surface area contributed by atoms with Crippen LogP contribution in [0, 0.1) is 0 Å². The van der Waals surface area contributed by atoms with Crippen LogP contribution in [0.3, 0.4) is 0 Å². The Morgan fingerprint density at radius 1 is 1.21 bits per heavy atom. The maximum Gasteiger partial charge on any atom is 0.317 e. The van der Waals surface area contributed by atoms with E-state index in [0.717, 1.165) is 31.5 Å². The van der Waals surface area contributed by atoms with E-state index in [-0.39, 0.29) is 30.2 Å². The van der Waals surface area contributed by atoms with Crippen LogP contribution in [0.15, 0.2) is 18.5 Å². The second-order valence-electron chi connectivity index (χ2n) is 9.16. The number of nitrogens with zero attached hydrogens (tertiary/aromatic N) is 7. The number of rotatable bonds is 6. The predicted octanol–water partition coefficient (Wildman–Crippen LogP) is 0.218. The average molecular weight is 470 g/mol. The van der Waals surface area contributed by atoms with E-state index in [4.69, 9.17) is 20.2 Å². The number of nitrogens with one attached hydrogen (secondary N) is 1. The number of aromatic nitrogens is 4. The Bertz CT molecular complexity index is 1000. The summed E-state index contributed by atoms with van der Waals surface area (Å²) < 4.78 is 11.7. The van der Waals surface area contributed by atoms with Gasteiger partial charge in [0.15, 0.2) is 0 Å². The molecule has 0 radical (unpaired) electrons. The Morgan fingerprint density at radius 2 is 1.91 bits per heavy atom. The Morgan fingerprint density at radius 3 is 2.59 bits per heavy atom. The van der Waals surface area contributed by atoms with Gasteiger partial charge in [-0.15, -0.1) is 0 Å². The minimum atomic E-state index is -0.0242. The number of anilines is 2. The third-order valence-corrected chi connectivity index (χ3v) is 6.57. The second-order valence-corrected chi connectivity index (χ2v) is 9.16. The molecule has 2 aromatic rings. The SMILES string of the molecule is CN1CC(NC(=O)N(C)[C@H]2C[C@H](Oc3cc(-c4cnc(N)nc4)nc(N4CCOCC4)n3)C2)C1. The summed E-state index contributed by atoms with van der Waals surface area (Å²) in [5.41, 5.74) is 7.05. The lowest BCUT2D eigenvalue weighted by Gasteiger charge is -2.42. The molecule has 4 heterocycles. The number of amides is 2. The summed E-state index contributed by atoms with van der Waals surface area (Å²) in [6.45, 7) is 4.48. The molecule has 2 saturated heterocycles. The fourth-order valence-corrected chi connectivity index (χ4v) is 4.35. The molecule has 2 aliphatic heterocycles. The van der Waals surface area contributed by atoms with E-state index in [9.17, 15) is 4.79 Å². The molecule has 0 bridgehead atoms. The number of hydrogen-bond acceptors (Lipinski definition) is 10. The molecule has 2 aromatic heterocycles. The molecule has 5 rings (SSSR count). The molecular formula is C22H31N9O3. The molecule has 1 saturated carbocycles. The zero-order chi connectivity index (χ0) is 23.7. The van der Waals surface area contributed by atoms with Crippen LogP contribution in [0.1, 0.15) is 12.8 Å². The van der Waals surface area contributed by atoms with Crippen LogP contribution in [0.2, 0.25) is 0 Å². The van der Waals surface area contributed by atoms with Gasteiger partial charge in [-0.25, -0.2) is 19.7 Å². The minimum Gasteiger partial charge on any atom is -0.474 e. The van der Waals surface area contributed by atoms with Gasteiger partial charge in [0.25, 0.3) is 0 Å². The van der Waals surface area contributed by atoms with Crippen LogP contribution in [0.25, 0.3) is 11.3 Å². The van der Waals surface area contributed by atoms with Gasteiger partial charge in [0.1, 0.15) is 6.10 Å². The number of ether oxygens (including phenoxy) is 2. The van der Waals surface area contributed by atoms with Crippen LogP contribution in [0.4, 0.5) is 16.7 Å². The number of urea groups is 1. The van der Waals surface area contributed by atoms with E-state index in [1.165, 1.54) is 0 Å². The molecule has 2 amide bonds. The van der Waals surface area contributed by atoms with E-state index < -0.39 is 0 Å². The summed E-state index contributed by atoms with van der Waals surface area (Å²) in [5.74, 6) is 1.29. The monoisotopic (exact) mass is 469 g/mol. The van der Waals surface area contributed by atoms with E-state index in [1.807, 2.05) is 14.1 Å². The Kier molecular flexibility index (Phi) is 6.33. The zero-order valence-corrected chi connectivity index (χ0v) is 19.6. The third-order valence-electron chi connectivity index (χ3n) is 6.57. The first-order valence-electron chi connectivity index (χ1n) is 11.6. The largest absolute Gasteiger partial charge is 0.474 e. The van der Waals surface area contributed by atoms with Crippen molar-refractivity contribution in [3.63, 3.8) is 0 Å². The summed E-state index contributed by atoms with van der Waals surface area (Å²) in [5, 5.41) is 3.08. The normalized spacial score (nSPS) is 23.1. The van der Waals surface area contributed by atoms with Gasteiger partial charge in [0.05, 0.1) is 24.9 Å². The van der Waals surface area contributed by atoms with Crippen LogP contribution < -0.4 is 20.7 Å². The molecule has 12 nitrogen and oxygen atoms in total. The molecule has 34 heavy (non-hydrogen) atoms. The summed E-state index contributed by atoms with van der Waals surface area (Å²) in [6, 6.07) is 2.16. The molecular weight excluding hydrogens is 438 g/mol. The number of morpholine rings is 1. The Balaban J connectivity index is 1.24. The number of carbonyl (C=O) groups excluding carboxylic acids is 1. The topological polar surface area (TPSA) is 135 Å². The predicted molar refractivity (Wildman–Crippen MR) is 126 cm³/mol. The van der Waals surface area contributed by atoms with Crippen molar-refractivity contribution in [1.82, 2.24) is 35.1 Å². The van der Waals surface area contributed by atoms with Crippen molar-refractivity contribution in [3.8, 4) is 17.1 Å². The highest BCUT2D eigenvalue weighted by Crippen LogP contribution is 2.31. The van der Waals surface area contributed by atoms with E-state index in [1.54, 1.807) is 23.4 Å². The van der Waals surface area contributed by atoms with Crippen molar-refractivity contribution in [1.29, 1.82) is 0 Å². The summed E-state index contributed by atoms with van der Waals surface area (Å²) >= 11 is 0. The third kappa shape index (κ3) is 4.97. The van der Waals surface area contributed by atoms with Gasteiger partial charge >= 0.3 is 6.03 Å². The molecule has 0 atom stereocenters. The van der Waals surface area contributed by atoms with Gasteiger partial charge in [-0.1, -0.05) is 0 Å². The first-order valence-corrected chi connectivity index (χ1v) is 11.6. The van der Waals surface area contributed by atoms with Gasteiger partial charge in [0.2, 0.25) is 17.8 Å². The van der Waals surface area contributed by atoms with Crippen molar-refractivity contribution in [2.75, 3.05) is 64.1 Å². The van der Waals surface area contributed by atoms with Gasteiger partial charge in [-0.3, -0.25) is 0 Å².